The van der Waals surface area contributed by atoms with Gasteiger partial charge < -0.3 is 15.7 Å². The molecule has 5 nitrogen and oxygen atoms in total. The highest BCUT2D eigenvalue weighted by Crippen LogP contribution is 2.38. The maximum Gasteiger partial charge on any atom is 0.224 e. The Morgan fingerprint density at radius 1 is 1.56 bits per heavy atom. The van der Waals surface area contributed by atoms with E-state index in [2.05, 4.69) is 20.6 Å². The van der Waals surface area contributed by atoms with E-state index in [1.165, 1.54) is 0 Å². The quantitative estimate of drug-likeness (QED) is 0.698. The first-order valence-electron chi connectivity index (χ1n) is 5.34. The number of hydrogen-bond donors (Lipinski definition) is 3. The van der Waals surface area contributed by atoms with Gasteiger partial charge >= 0.3 is 0 Å². The van der Waals surface area contributed by atoms with Crippen LogP contribution in [0, 0.1) is 5.82 Å². The van der Waals surface area contributed by atoms with Gasteiger partial charge in [-0.1, -0.05) is 0 Å². The number of nitrogens with one attached hydrogen (secondary N) is 2. The van der Waals surface area contributed by atoms with E-state index in [0.717, 1.165) is 19.0 Å². The fourth-order valence-electron chi connectivity index (χ4n) is 1.42. The molecular formula is C10H15FN4O. The molecule has 88 valence electrons. The smallest absolute Gasteiger partial charge is 0.224 e. The molecule has 0 aromatic carbocycles. The van der Waals surface area contributed by atoms with E-state index in [4.69, 9.17) is 5.11 Å². The summed E-state index contributed by atoms with van der Waals surface area (Å²) < 4.78 is 13.4. The van der Waals surface area contributed by atoms with Crippen LogP contribution in [0.25, 0.3) is 0 Å². The first kappa shape index (κ1) is 11.1. The Morgan fingerprint density at radius 3 is 2.88 bits per heavy atom. The van der Waals surface area contributed by atoms with E-state index < -0.39 is 5.82 Å². The molecule has 0 radical (unpaired) electrons. The molecule has 2 rings (SSSR count). The fraction of sp³-hybridized carbons (Fsp3) is 0.600. The molecule has 1 heterocycles. The van der Waals surface area contributed by atoms with Crippen LogP contribution in [0.1, 0.15) is 19.8 Å². The van der Waals surface area contributed by atoms with Crippen LogP contribution in [0.5, 0.6) is 0 Å². The lowest BCUT2D eigenvalue weighted by Gasteiger charge is -2.15. The molecule has 0 atom stereocenters. The van der Waals surface area contributed by atoms with E-state index in [-0.39, 0.29) is 18.0 Å². The molecule has 6 heteroatoms. The first-order chi connectivity index (χ1) is 7.69. The Hall–Kier alpha value is -1.43. The van der Waals surface area contributed by atoms with Crippen molar-refractivity contribution in [3.05, 3.63) is 12.0 Å². The first-order valence-corrected chi connectivity index (χ1v) is 5.34. The summed E-state index contributed by atoms with van der Waals surface area (Å²) in [6.07, 6.45) is 2.80. The Kier molecular flexibility index (Phi) is 2.91. The third-order valence-corrected chi connectivity index (χ3v) is 2.62. The topological polar surface area (TPSA) is 70.1 Å². The van der Waals surface area contributed by atoms with E-state index in [0.29, 0.717) is 12.5 Å². The normalized spacial score (nSPS) is 16.9. The minimum atomic E-state index is -0.499. The number of aliphatic hydroxyl groups is 1. The SMILES string of the molecule is CCNc1ncc(F)c(NC2(CO)CC2)n1. The van der Waals surface area contributed by atoms with Gasteiger partial charge in [0.05, 0.1) is 18.3 Å². The van der Waals surface area contributed by atoms with Gasteiger partial charge in [0.25, 0.3) is 0 Å². The molecule has 1 aliphatic rings. The number of nitrogens with zero attached hydrogens (tertiary/aromatic N) is 2. The molecule has 0 aliphatic heterocycles. The zero-order chi connectivity index (χ0) is 11.6. The molecule has 1 fully saturated rings. The molecule has 0 amide bonds. The second kappa shape index (κ2) is 4.21. The summed E-state index contributed by atoms with van der Waals surface area (Å²) in [5.74, 6) is 0.0408. The molecule has 0 spiro atoms. The van der Waals surface area contributed by atoms with Gasteiger partial charge in [-0.2, -0.15) is 4.98 Å². The number of rotatable bonds is 5. The number of halogens is 1. The standard InChI is InChI=1S/C10H15FN4O/c1-2-12-9-13-5-7(11)8(14-9)15-10(6-16)3-4-10/h5,16H,2-4,6H2,1H3,(H2,12,13,14,15). The lowest BCUT2D eigenvalue weighted by Crippen LogP contribution is -2.27. The number of aliphatic hydroxyl groups excluding tert-OH is 1. The summed E-state index contributed by atoms with van der Waals surface area (Å²) in [7, 11) is 0. The van der Waals surface area contributed by atoms with Crippen molar-refractivity contribution in [2.24, 2.45) is 0 Å². The number of hydrogen-bond acceptors (Lipinski definition) is 5. The van der Waals surface area contributed by atoms with Gasteiger partial charge in [-0.15, -0.1) is 0 Å². The van der Waals surface area contributed by atoms with Crippen molar-refractivity contribution in [2.45, 2.75) is 25.3 Å². The zero-order valence-corrected chi connectivity index (χ0v) is 9.13. The average Bonchev–Trinajstić information content (AvgIpc) is 3.04. The van der Waals surface area contributed by atoms with Gasteiger partial charge in [-0.25, -0.2) is 9.37 Å². The monoisotopic (exact) mass is 226 g/mol. The highest BCUT2D eigenvalue weighted by atomic mass is 19.1. The van der Waals surface area contributed by atoms with Gasteiger partial charge in [0.15, 0.2) is 11.6 Å². The maximum absolute atomic E-state index is 13.4. The van der Waals surface area contributed by atoms with Crippen molar-refractivity contribution >= 4 is 11.8 Å². The molecule has 16 heavy (non-hydrogen) atoms. The third-order valence-electron chi connectivity index (χ3n) is 2.62. The summed E-state index contributed by atoms with van der Waals surface area (Å²) in [4.78, 5) is 7.82. The predicted molar refractivity (Wildman–Crippen MR) is 58.8 cm³/mol. The number of aromatic nitrogens is 2. The molecule has 1 aromatic heterocycles. The van der Waals surface area contributed by atoms with Gasteiger partial charge in [0, 0.05) is 6.54 Å². The Bertz CT molecular complexity index is 381. The van der Waals surface area contributed by atoms with Crippen molar-refractivity contribution in [1.29, 1.82) is 0 Å². The highest BCUT2D eigenvalue weighted by molar-refractivity contribution is 5.45. The Labute approximate surface area is 93.1 Å². The zero-order valence-electron chi connectivity index (χ0n) is 9.13. The van der Waals surface area contributed by atoms with Crippen LogP contribution >= 0.6 is 0 Å². The van der Waals surface area contributed by atoms with Crippen LogP contribution in [-0.2, 0) is 0 Å². The van der Waals surface area contributed by atoms with E-state index in [1.54, 1.807) is 0 Å². The molecule has 3 N–H and O–H groups in total. The minimum absolute atomic E-state index is 0.00696. The molecule has 1 aromatic rings. The second-order valence-electron chi connectivity index (χ2n) is 3.98. The van der Waals surface area contributed by atoms with Gasteiger partial charge in [-0.3, -0.25) is 0 Å². The van der Waals surface area contributed by atoms with Crippen LogP contribution in [0.2, 0.25) is 0 Å². The molecule has 0 bridgehead atoms. The van der Waals surface area contributed by atoms with Gasteiger partial charge in [0.1, 0.15) is 0 Å². The van der Waals surface area contributed by atoms with E-state index >= 15 is 0 Å². The summed E-state index contributed by atoms with van der Waals surface area (Å²) in [6.45, 7) is 2.58. The second-order valence-corrected chi connectivity index (χ2v) is 3.98. The summed E-state index contributed by atoms with van der Waals surface area (Å²) >= 11 is 0. The highest BCUT2D eigenvalue weighted by Gasteiger charge is 2.42. The maximum atomic E-state index is 13.4. The largest absolute Gasteiger partial charge is 0.394 e. The predicted octanol–water partition coefficient (Wildman–Crippen LogP) is 0.984. The van der Waals surface area contributed by atoms with Crippen LogP contribution in [0.15, 0.2) is 6.20 Å². The summed E-state index contributed by atoms with van der Waals surface area (Å²) in [5.41, 5.74) is -0.376. The van der Waals surface area contributed by atoms with Gasteiger partial charge in [0.2, 0.25) is 5.95 Å². The minimum Gasteiger partial charge on any atom is -0.394 e. The third kappa shape index (κ3) is 2.21. The van der Waals surface area contributed by atoms with Crippen molar-refractivity contribution < 1.29 is 9.50 Å². The van der Waals surface area contributed by atoms with E-state index in [9.17, 15) is 4.39 Å². The van der Waals surface area contributed by atoms with Crippen molar-refractivity contribution in [3.8, 4) is 0 Å². The summed E-state index contributed by atoms with van der Waals surface area (Å²) in [5, 5.41) is 15.0. The number of anilines is 2. The molecule has 1 aliphatic carbocycles. The van der Waals surface area contributed by atoms with E-state index in [1.807, 2.05) is 6.92 Å². The fourth-order valence-corrected chi connectivity index (χ4v) is 1.42. The Morgan fingerprint density at radius 2 is 2.31 bits per heavy atom. The van der Waals surface area contributed by atoms with Gasteiger partial charge in [-0.05, 0) is 19.8 Å². The van der Waals surface area contributed by atoms with Crippen molar-refractivity contribution in [1.82, 2.24) is 9.97 Å². The lowest BCUT2D eigenvalue weighted by molar-refractivity contribution is 0.265. The molecule has 1 saturated carbocycles. The van der Waals surface area contributed by atoms with Crippen molar-refractivity contribution in [3.63, 3.8) is 0 Å². The molecule has 0 unspecified atom stereocenters. The summed E-state index contributed by atoms with van der Waals surface area (Å²) in [6, 6.07) is 0. The van der Waals surface area contributed by atoms with Crippen LogP contribution in [-0.4, -0.2) is 33.8 Å². The lowest BCUT2D eigenvalue weighted by atomic mass is 10.3. The average molecular weight is 226 g/mol. The molecular weight excluding hydrogens is 211 g/mol. The van der Waals surface area contributed by atoms with Crippen LogP contribution in [0.4, 0.5) is 16.2 Å². The van der Waals surface area contributed by atoms with Crippen LogP contribution in [0.3, 0.4) is 0 Å². The van der Waals surface area contributed by atoms with Crippen molar-refractivity contribution in [2.75, 3.05) is 23.8 Å². The molecule has 0 saturated heterocycles. The Balaban J connectivity index is 2.15. The van der Waals surface area contributed by atoms with Crippen LogP contribution < -0.4 is 10.6 Å².